The van der Waals surface area contributed by atoms with Crippen molar-refractivity contribution in [3.05, 3.63) is 287 Å². The highest BCUT2D eigenvalue weighted by molar-refractivity contribution is 5.85. The molecule has 0 spiro atoms. The van der Waals surface area contributed by atoms with Crippen molar-refractivity contribution in [3.8, 4) is 0 Å². The first-order chi connectivity index (χ1) is 57.7. The van der Waals surface area contributed by atoms with Gasteiger partial charge in [-0.25, -0.2) is 0 Å². The number of hydrogen-bond donors (Lipinski definition) is 16. The fraction of sp³-hybridized carbons (Fsp3) is 0.364. The Morgan fingerprint density at radius 1 is 0.177 bits per heavy atom. The van der Waals surface area contributed by atoms with Crippen LogP contribution in [0.4, 0.5) is 0 Å². The molecule has 8 aromatic carbocycles. The van der Waals surface area contributed by atoms with Crippen LogP contribution in [0.5, 0.6) is 0 Å². The molecule has 0 aliphatic heterocycles. The molecule has 4 saturated carbocycles. The van der Waals surface area contributed by atoms with Crippen LogP contribution in [0.15, 0.2) is 243 Å². The molecular formula is C88H136N16O20. The third-order valence-electron chi connectivity index (χ3n) is 19.5. The van der Waals surface area contributed by atoms with Gasteiger partial charge in [0, 0.05) is 195 Å². The van der Waals surface area contributed by atoms with Crippen molar-refractivity contribution in [3.63, 3.8) is 0 Å². The van der Waals surface area contributed by atoms with Crippen LogP contribution in [0.25, 0.3) is 0 Å². The highest BCUT2D eigenvalue weighted by Crippen LogP contribution is 2.60. The zero-order valence-corrected chi connectivity index (χ0v) is 70.5. The third-order valence-corrected chi connectivity index (χ3v) is 19.5. The molecule has 0 aromatic heterocycles. The minimum absolute atomic E-state index is 0. The molecule has 0 radical (unpaired) electrons. The Kier molecular flexibility index (Phi) is 66.4. The van der Waals surface area contributed by atoms with Gasteiger partial charge in [0.2, 0.25) is 0 Å². The molecule has 0 amide bonds. The first kappa shape index (κ1) is 119. The second kappa shape index (κ2) is 69.2. The van der Waals surface area contributed by atoms with E-state index >= 15 is 0 Å². The van der Waals surface area contributed by atoms with Gasteiger partial charge in [-0.15, -0.1) is 0 Å². The number of carbonyl (C=O) groups excluding carboxylic acids is 8. The van der Waals surface area contributed by atoms with Crippen LogP contribution in [0.3, 0.4) is 0 Å². The van der Waals surface area contributed by atoms with Crippen molar-refractivity contribution in [1.82, 2.24) is 0 Å². The molecule has 688 valence electrons. The minimum Gasteiger partial charge on any atom is -0.550 e. The number of benzene rings is 8. The van der Waals surface area contributed by atoms with E-state index in [1.807, 2.05) is 0 Å². The maximum Gasteiger partial charge on any atom is 0.0864 e. The van der Waals surface area contributed by atoms with Crippen molar-refractivity contribution in [2.45, 2.75) is 47.3 Å². The van der Waals surface area contributed by atoms with Crippen molar-refractivity contribution in [1.29, 1.82) is 0 Å². The number of carboxylic acid groups (broad SMARTS) is 8. The maximum atomic E-state index is 11.6. The number of hydrogen-bond acceptors (Lipinski definition) is 24. The summed E-state index contributed by atoms with van der Waals surface area (Å²) >= 11 is 0. The van der Waals surface area contributed by atoms with Gasteiger partial charge in [-0.05, 0) is 44.5 Å². The molecule has 124 heavy (non-hydrogen) atoms. The van der Waals surface area contributed by atoms with Crippen molar-refractivity contribution in [2.75, 3.05) is 105 Å². The van der Waals surface area contributed by atoms with Gasteiger partial charge in [0.25, 0.3) is 0 Å². The van der Waals surface area contributed by atoms with E-state index in [2.05, 4.69) is 45.9 Å². The Bertz CT molecular complexity index is 3260. The van der Waals surface area contributed by atoms with Gasteiger partial charge in [-0.1, -0.05) is 243 Å². The molecule has 36 nitrogen and oxygen atoms in total. The topological polar surface area (TPSA) is 876 Å². The zero-order chi connectivity index (χ0) is 90.1. The van der Waals surface area contributed by atoms with Gasteiger partial charge in [0.15, 0.2) is 0 Å². The van der Waals surface area contributed by atoms with E-state index in [9.17, 15) is 79.2 Å². The summed E-state index contributed by atoms with van der Waals surface area (Å²) in [5, 5.41) is 92.7. The van der Waals surface area contributed by atoms with E-state index < -0.39 is 142 Å². The van der Waals surface area contributed by atoms with E-state index in [-0.39, 0.29) is 21.9 Å². The van der Waals surface area contributed by atoms with Crippen LogP contribution < -0.4 is 133 Å². The summed E-state index contributed by atoms with van der Waals surface area (Å²) in [6.45, 7) is 12.4. The van der Waals surface area contributed by atoms with E-state index in [4.69, 9.17) is 45.9 Å². The van der Waals surface area contributed by atoms with Crippen LogP contribution >= 0.6 is 0 Å². The SMILES string of the molecule is NCC[NH3+].NCC[NH3+].NCC[NH3+].NCC[NH3+].NCC[NH3+].NCC[NH3+].NCC[NH3+].NCC[NH3+].O.O.O.O.O=C([O-])C1C(c2ccccc2)C(C(=O)[O-])C1c1ccccc1.O=C([O-])C1C(c2ccccc2)C(C(=O)[O-])C1c1ccccc1.O=C([O-])C1C(c2ccccc2)C(C(=O)[O-])C1c1ccccc1.O=C([O-])C1C(c2ccccc2)C(C(=O)[O-])C1c1ccccc1. The second-order valence-corrected chi connectivity index (χ2v) is 27.4. The molecule has 0 bridgehead atoms. The van der Waals surface area contributed by atoms with E-state index in [1.165, 1.54) is 0 Å². The Morgan fingerprint density at radius 2 is 0.242 bits per heavy atom. The summed E-state index contributed by atoms with van der Waals surface area (Å²) in [4.78, 5) is 92.7. The van der Waals surface area contributed by atoms with Gasteiger partial charge >= 0.3 is 0 Å². The zero-order valence-electron chi connectivity index (χ0n) is 70.5. The summed E-state index contributed by atoms with van der Waals surface area (Å²) in [5.74, 6) is -21.7. The fourth-order valence-corrected chi connectivity index (χ4v) is 14.1. The molecule has 4 aliphatic rings. The Morgan fingerprint density at radius 3 is 0.290 bits per heavy atom. The molecule has 0 atom stereocenters. The molecule has 0 unspecified atom stereocenters. The van der Waals surface area contributed by atoms with Crippen LogP contribution in [0, 0.1) is 47.3 Å². The number of carbonyl (C=O) groups is 8. The van der Waals surface area contributed by atoms with E-state index in [0.717, 1.165) is 52.4 Å². The average Bonchev–Trinajstić information content (AvgIpc) is 0.747. The van der Waals surface area contributed by atoms with Gasteiger partial charge in [-0.3, -0.25) is 0 Å². The number of aliphatic carboxylic acids is 8. The molecular weight excluding hydrogens is 1600 g/mol. The van der Waals surface area contributed by atoms with E-state index in [1.54, 1.807) is 243 Å². The largest absolute Gasteiger partial charge is 0.550 e. The Hall–Kier alpha value is -11.3. The first-order valence-corrected chi connectivity index (χ1v) is 39.8. The summed E-state index contributed by atoms with van der Waals surface area (Å²) in [6.07, 6.45) is 0. The molecule has 12 rings (SSSR count). The monoisotopic (exact) mass is 1740 g/mol. The van der Waals surface area contributed by atoms with E-state index in [0.29, 0.717) is 96.9 Å². The summed E-state index contributed by atoms with van der Waals surface area (Å²) < 4.78 is 0. The lowest BCUT2D eigenvalue weighted by Gasteiger charge is -2.53. The van der Waals surface area contributed by atoms with Crippen LogP contribution in [0.1, 0.15) is 91.9 Å². The van der Waals surface area contributed by atoms with Crippen LogP contribution in [0.2, 0.25) is 0 Å². The molecule has 4 aliphatic carbocycles. The second-order valence-electron chi connectivity index (χ2n) is 27.4. The lowest BCUT2D eigenvalue weighted by molar-refractivity contribution is -0.364. The highest BCUT2D eigenvalue weighted by atomic mass is 16.4. The van der Waals surface area contributed by atoms with Crippen LogP contribution in [-0.4, -0.2) is 174 Å². The number of nitrogens with two attached hydrogens (primary N) is 8. The summed E-state index contributed by atoms with van der Waals surface area (Å²) in [5.41, 5.74) is 73.1. The quantitative estimate of drug-likeness (QED) is 0.0267. The van der Waals surface area contributed by atoms with Crippen LogP contribution in [-0.2, 0) is 38.4 Å². The highest BCUT2D eigenvalue weighted by Gasteiger charge is 2.56. The predicted octanol–water partition coefficient (Wildman–Crippen LogP) is -16.6. The van der Waals surface area contributed by atoms with Gasteiger partial charge in [0.05, 0.1) is 52.4 Å². The predicted molar refractivity (Wildman–Crippen MR) is 450 cm³/mol. The first-order valence-electron chi connectivity index (χ1n) is 39.8. The average molecular weight is 1740 g/mol. The molecule has 4 fully saturated rings. The maximum absolute atomic E-state index is 11.6. The van der Waals surface area contributed by atoms with Crippen molar-refractivity contribution in [2.24, 2.45) is 93.2 Å². The Labute approximate surface area is 723 Å². The minimum atomic E-state index is -1.22. The molecule has 36 heteroatoms. The van der Waals surface area contributed by atoms with Gasteiger partial charge < -0.3 is 193 Å². The van der Waals surface area contributed by atoms with Crippen molar-refractivity contribution < 1.29 is 147 Å². The fourth-order valence-electron chi connectivity index (χ4n) is 14.1. The Balaban J connectivity index is -0.000000685. The molecule has 0 heterocycles. The number of rotatable bonds is 24. The van der Waals surface area contributed by atoms with Gasteiger partial charge in [0.1, 0.15) is 0 Å². The van der Waals surface area contributed by atoms with Crippen molar-refractivity contribution >= 4 is 47.8 Å². The van der Waals surface area contributed by atoms with Gasteiger partial charge in [-0.2, -0.15) is 0 Å². The summed E-state index contributed by atoms with van der Waals surface area (Å²) in [7, 11) is 0. The summed E-state index contributed by atoms with van der Waals surface area (Å²) in [6, 6.07) is 70.7. The number of quaternary nitrogens is 8. The normalized spacial score (nSPS) is 21.0. The molecule has 8 aromatic rings. The molecule has 0 saturated heterocycles. The lowest BCUT2D eigenvalue weighted by atomic mass is 9.52. The number of carboxylic acids is 8. The smallest absolute Gasteiger partial charge is 0.0864 e. The molecule has 48 N–H and O–H groups in total. The third kappa shape index (κ3) is 37.4. The standard InChI is InChI=1S/4C18H16O4.8C2H8N2.4H2O/c4*19-17(20)15-13(11-7-3-1-4-8-11)16(18(21)22)14(15)12-9-5-2-6-10-12;8*3-1-2-4;;;;/h4*1-10,13-16H,(H,19,20)(H,21,22);8*1-4H2;4*1H2. The lowest BCUT2D eigenvalue weighted by Crippen LogP contribution is -2.57.